The van der Waals surface area contributed by atoms with Crippen molar-refractivity contribution in [2.75, 3.05) is 12.8 Å². The second-order valence-electron chi connectivity index (χ2n) is 6.35. The number of nitrogens with zero attached hydrogens (tertiary/aromatic N) is 5. The Morgan fingerprint density at radius 1 is 1.27 bits per heavy atom. The molecule has 0 saturated carbocycles. The second-order valence-corrected chi connectivity index (χ2v) is 7.29. The van der Waals surface area contributed by atoms with Crippen LogP contribution in [0.5, 0.6) is 0 Å². The Morgan fingerprint density at radius 3 is 2.69 bits per heavy atom. The number of thioether (sulfide) groups is 1. The molecule has 0 aliphatic carbocycles. The molecule has 0 saturated heterocycles. The molecule has 8 heteroatoms. The molecule has 0 unspecified atom stereocenters. The summed E-state index contributed by atoms with van der Waals surface area (Å²) >= 11 is 1.38. The third-order valence-electron chi connectivity index (χ3n) is 4.07. The number of amides is 1. The lowest BCUT2D eigenvalue weighted by Gasteiger charge is -2.15. The van der Waals surface area contributed by atoms with Crippen molar-refractivity contribution in [3.63, 3.8) is 0 Å². The highest BCUT2D eigenvalue weighted by molar-refractivity contribution is 7.99. The Labute approximate surface area is 156 Å². The first-order chi connectivity index (χ1) is 12.5. The van der Waals surface area contributed by atoms with E-state index in [0.717, 1.165) is 11.4 Å². The van der Waals surface area contributed by atoms with Crippen LogP contribution in [-0.2, 0) is 11.3 Å². The van der Waals surface area contributed by atoms with E-state index in [2.05, 4.69) is 58.5 Å². The van der Waals surface area contributed by atoms with Gasteiger partial charge in [0.05, 0.1) is 18.0 Å². The Hall–Kier alpha value is -2.61. The molecule has 0 radical (unpaired) electrons. The third kappa shape index (κ3) is 4.32. The van der Waals surface area contributed by atoms with Crippen LogP contribution >= 0.6 is 11.8 Å². The summed E-state index contributed by atoms with van der Waals surface area (Å²) in [5.41, 5.74) is 3.17. The summed E-state index contributed by atoms with van der Waals surface area (Å²) in [6.45, 7) is 4.84. The highest BCUT2D eigenvalue weighted by Gasteiger charge is 2.14. The van der Waals surface area contributed by atoms with Crippen molar-refractivity contribution in [3.05, 3.63) is 54.1 Å². The number of hydrogen-bond acceptors (Lipinski definition) is 5. The van der Waals surface area contributed by atoms with E-state index in [1.807, 2.05) is 10.6 Å². The standard InChI is InChI=1S/C18H22N6OS/c1-13(2)14-4-6-16(7-5-14)24-12-20-22-18(24)26-11-17(25)23(3)10-15-8-9-19-21-15/h4-9,12-13H,10-11H2,1-3H3,(H,19,21). The number of rotatable bonds is 7. The van der Waals surface area contributed by atoms with Crippen LogP contribution in [0, 0.1) is 0 Å². The Morgan fingerprint density at radius 2 is 2.04 bits per heavy atom. The maximum Gasteiger partial charge on any atom is 0.233 e. The van der Waals surface area contributed by atoms with E-state index in [9.17, 15) is 4.79 Å². The molecular weight excluding hydrogens is 348 g/mol. The van der Waals surface area contributed by atoms with Gasteiger partial charge in [-0.2, -0.15) is 5.10 Å². The van der Waals surface area contributed by atoms with Gasteiger partial charge in [0.2, 0.25) is 5.91 Å². The molecule has 1 aromatic carbocycles. The number of carbonyl (C=O) groups is 1. The van der Waals surface area contributed by atoms with Gasteiger partial charge in [-0.15, -0.1) is 10.2 Å². The summed E-state index contributed by atoms with van der Waals surface area (Å²) in [5.74, 6) is 0.809. The first-order valence-corrected chi connectivity index (χ1v) is 9.38. The molecule has 0 atom stereocenters. The topological polar surface area (TPSA) is 79.7 Å². The fourth-order valence-corrected chi connectivity index (χ4v) is 3.34. The van der Waals surface area contributed by atoms with Crippen LogP contribution in [0.2, 0.25) is 0 Å². The Kier molecular flexibility index (Phi) is 5.72. The zero-order valence-electron chi connectivity index (χ0n) is 15.1. The van der Waals surface area contributed by atoms with Gasteiger partial charge in [-0.05, 0) is 29.7 Å². The highest BCUT2D eigenvalue weighted by Crippen LogP contribution is 2.22. The molecule has 26 heavy (non-hydrogen) atoms. The van der Waals surface area contributed by atoms with E-state index in [1.165, 1.54) is 17.3 Å². The molecule has 0 aliphatic heterocycles. The van der Waals surface area contributed by atoms with Crippen LogP contribution in [0.15, 0.2) is 48.0 Å². The summed E-state index contributed by atoms with van der Waals surface area (Å²) in [4.78, 5) is 14.0. The monoisotopic (exact) mass is 370 g/mol. The number of benzene rings is 1. The van der Waals surface area contributed by atoms with Crippen molar-refractivity contribution in [1.82, 2.24) is 29.9 Å². The molecule has 0 fully saturated rings. The second kappa shape index (κ2) is 8.18. The molecule has 0 spiro atoms. The highest BCUT2D eigenvalue weighted by atomic mass is 32.2. The molecule has 136 valence electrons. The van der Waals surface area contributed by atoms with E-state index in [-0.39, 0.29) is 5.91 Å². The number of aromatic amines is 1. The third-order valence-corrected chi connectivity index (χ3v) is 5.00. The normalized spacial score (nSPS) is 11.1. The zero-order valence-corrected chi connectivity index (χ0v) is 15.9. The maximum absolute atomic E-state index is 12.3. The summed E-state index contributed by atoms with van der Waals surface area (Å²) in [6, 6.07) is 10.2. The SMILES string of the molecule is CC(C)c1ccc(-n2cnnc2SCC(=O)N(C)Cc2ccn[nH]2)cc1. The molecule has 0 aliphatic rings. The lowest BCUT2D eigenvalue weighted by molar-refractivity contribution is -0.127. The Balaban J connectivity index is 1.62. The van der Waals surface area contributed by atoms with Gasteiger partial charge in [0.15, 0.2) is 5.16 Å². The van der Waals surface area contributed by atoms with Crippen LogP contribution < -0.4 is 0 Å². The molecule has 2 aromatic heterocycles. The van der Waals surface area contributed by atoms with Crippen LogP contribution in [-0.4, -0.2) is 48.6 Å². The maximum atomic E-state index is 12.3. The molecule has 2 heterocycles. The quantitative estimate of drug-likeness (QED) is 0.647. The van der Waals surface area contributed by atoms with E-state index in [4.69, 9.17) is 0 Å². The van der Waals surface area contributed by atoms with Gasteiger partial charge in [-0.25, -0.2) is 0 Å². The number of aromatic nitrogens is 5. The molecule has 1 amide bonds. The fourth-order valence-electron chi connectivity index (χ4n) is 2.47. The number of carbonyl (C=O) groups excluding carboxylic acids is 1. The van der Waals surface area contributed by atoms with Gasteiger partial charge in [0, 0.05) is 18.9 Å². The van der Waals surface area contributed by atoms with Crippen LogP contribution in [0.1, 0.15) is 31.0 Å². The summed E-state index contributed by atoms with van der Waals surface area (Å²) < 4.78 is 1.90. The van der Waals surface area contributed by atoms with Crippen molar-refractivity contribution in [1.29, 1.82) is 0 Å². The molecular formula is C18H22N6OS. The first kappa shape index (κ1) is 18.2. The molecule has 3 aromatic rings. The van der Waals surface area contributed by atoms with Crippen molar-refractivity contribution >= 4 is 17.7 Å². The summed E-state index contributed by atoms with van der Waals surface area (Å²) in [6.07, 6.45) is 3.35. The first-order valence-electron chi connectivity index (χ1n) is 8.40. The minimum Gasteiger partial charge on any atom is -0.339 e. The van der Waals surface area contributed by atoms with Gasteiger partial charge < -0.3 is 4.90 Å². The number of hydrogen-bond donors (Lipinski definition) is 1. The molecule has 0 bridgehead atoms. The number of nitrogens with one attached hydrogen (secondary N) is 1. The minimum atomic E-state index is 0.0225. The smallest absolute Gasteiger partial charge is 0.233 e. The molecule has 1 N–H and O–H groups in total. The summed E-state index contributed by atoms with van der Waals surface area (Å²) in [7, 11) is 1.78. The van der Waals surface area contributed by atoms with Crippen molar-refractivity contribution < 1.29 is 4.79 Å². The average Bonchev–Trinajstić information content (AvgIpc) is 3.31. The van der Waals surface area contributed by atoms with E-state index in [1.54, 1.807) is 24.5 Å². The van der Waals surface area contributed by atoms with E-state index >= 15 is 0 Å². The lowest BCUT2D eigenvalue weighted by Crippen LogP contribution is -2.28. The average molecular weight is 370 g/mol. The van der Waals surface area contributed by atoms with Crippen molar-refractivity contribution in [2.24, 2.45) is 0 Å². The minimum absolute atomic E-state index is 0.0225. The lowest BCUT2D eigenvalue weighted by atomic mass is 10.0. The van der Waals surface area contributed by atoms with E-state index in [0.29, 0.717) is 23.4 Å². The predicted molar refractivity (Wildman–Crippen MR) is 101 cm³/mol. The van der Waals surface area contributed by atoms with Gasteiger partial charge in [-0.1, -0.05) is 37.7 Å². The van der Waals surface area contributed by atoms with E-state index < -0.39 is 0 Å². The Bertz CT molecular complexity index is 841. The molecule has 7 nitrogen and oxygen atoms in total. The van der Waals surface area contributed by atoms with Crippen molar-refractivity contribution in [3.8, 4) is 5.69 Å². The van der Waals surface area contributed by atoms with Gasteiger partial charge >= 0.3 is 0 Å². The predicted octanol–water partition coefficient (Wildman–Crippen LogP) is 2.86. The largest absolute Gasteiger partial charge is 0.339 e. The zero-order chi connectivity index (χ0) is 18.5. The van der Waals surface area contributed by atoms with Crippen LogP contribution in [0.3, 0.4) is 0 Å². The van der Waals surface area contributed by atoms with Gasteiger partial charge in [-0.3, -0.25) is 14.5 Å². The van der Waals surface area contributed by atoms with Crippen LogP contribution in [0.4, 0.5) is 0 Å². The van der Waals surface area contributed by atoms with Gasteiger partial charge in [0.25, 0.3) is 0 Å². The van der Waals surface area contributed by atoms with Crippen LogP contribution in [0.25, 0.3) is 5.69 Å². The molecule has 3 rings (SSSR count). The van der Waals surface area contributed by atoms with Gasteiger partial charge in [0.1, 0.15) is 6.33 Å². The van der Waals surface area contributed by atoms with Crippen molar-refractivity contribution in [2.45, 2.75) is 31.5 Å². The summed E-state index contributed by atoms with van der Waals surface area (Å²) in [5, 5.41) is 15.6. The number of H-pyrrole nitrogens is 1. The fraction of sp³-hybridized carbons (Fsp3) is 0.333.